The Bertz CT molecular complexity index is 902. The Labute approximate surface area is 150 Å². The molecule has 1 N–H and O–H groups in total. The van der Waals surface area contributed by atoms with Crippen LogP contribution in [0.5, 0.6) is 0 Å². The van der Waals surface area contributed by atoms with E-state index in [0.717, 1.165) is 0 Å². The molecule has 0 aliphatic carbocycles. The predicted molar refractivity (Wildman–Crippen MR) is 93.0 cm³/mol. The zero-order valence-electron chi connectivity index (χ0n) is 14.9. The van der Waals surface area contributed by atoms with Crippen LogP contribution in [0.15, 0.2) is 34.9 Å². The Kier molecular flexibility index (Phi) is 5.11. The molecule has 0 saturated carbocycles. The first kappa shape index (κ1) is 17.8. The predicted octanol–water partition coefficient (Wildman–Crippen LogP) is 3.04. The summed E-state index contributed by atoms with van der Waals surface area (Å²) in [4.78, 5) is 18.3. The van der Waals surface area contributed by atoms with Crippen molar-refractivity contribution in [1.82, 2.24) is 25.2 Å². The van der Waals surface area contributed by atoms with Crippen molar-refractivity contribution in [2.75, 3.05) is 13.6 Å². The maximum absolute atomic E-state index is 13.8. The molecule has 1 aromatic carbocycles. The Morgan fingerprint density at radius 2 is 2.12 bits per heavy atom. The number of benzene rings is 1. The number of aromatic amines is 1. The summed E-state index contributed by atoms with van der Waals surface area (Å²) >= 11 is 0. The van der Waals surface area contributed by atoms with Crippen LogP contribution in [0.25, 0.3) is 11.3 Å². The summed E-state index contributed by atoms with van der Waals surface area (Å²) in [6, 6.07) is 7.84. The van der Waals surface area contributed by atoms with Gasteiger partial charge in [0.1, 0.15) is 11.5 Å². The number of nitrogens with one attached hydrogen (secondary N) is 1. The van der Waals surface area contributed by atoms with Crippen LogP contribution >= 0.6 is 0 Å². The molecule has 3 rings (SSSR count). The second kappa shape index (κ2) is 7.47. The number of H-pyrrole nitrogens is 1. The van der Waals surface area contributed by atoms with E-state index >= 15 is 0 Å². The molecule has 0 fully saturated rings. The zero-order chi connectivity index (χ0) is 18.7. The van der Waals surface area contributed by atoms with Crippen LogP contribution in [0.3, 0.4) is 0 Å². The van der Waals surface area contributed by atoms with Gasteiger partial charge in [0.25, 0.3) is 5.91 Å². The minimum Gasteiger partial charge on any atom is -0.340 e. The van der Waals surface area contributed by atoms with E-state index in [2.05, 4.69) is 20.3 Å². The maximum Gasteiger partial charge on any atom is 0.271 e. The van der Waals surface area contributed by atoms with Gasteiger partial charge in [-0.15, -0.1) is 0 Å². The lowest BCUT2D eigenvalue weighted by Gasteiger charge is -2.14. The Morgan fingerprint density at radius 1 is 1.35 bits per heavy atom. The third-order valence-corrected chi connectivity index (χ3v) is 3.95. The van der Waals surface area contributed by atoms with E-state index < -0.39 is 0 Å². The molecular formula is C18H20FN5O2. The number of amides is 1. The monoisotopic (exact) mass is 357 g/mol. The van der Waals surface area contributed by atoms with Crippen LogP contribution in [0, 0.1) is 5.82 Å². The van der Waals surface area contributed by atoms with Crippen molar-refractivity contribution in [2.45, 2.75) is 26.2 Å². The number of aromatic nitrogens is 4. The van der Waals surface area contributed by atoms with Crippen molar-refractivity contribution in [1.29, 1.82) is 0 Å². The van der Waals surface area contributed by atoms with Gasteiger partial charge in [-0.25, -0.2) is 4.39 Å². The van der Waals surface area contributed by atoms with E-state index in [1.165, 1.54) is 11.0 Å². The summed E-state index contributed by atoms with van der Waals surface area (Å²) in [5.74, 6) is 0.677. The van der Waals surface area contributed by atoms with Gasteiger partial charge in [-0.05, 0) is 18.2 Å². The quantitative estimate of drug-likeness (QED) is 0.732. The molecule has 0 radical (unpaired) electrons. The lowest BCUT2D eigenvalue weighted by atomic mass is 10.1. The van der Waals surface area contributed by atoms with Gasteiger partial charge >= 0.3 is 0 Å². The van der Waals surface area contributed by atoms with E-state index in [9.17, 15) is 9.18 Å². The van der Waals surface area contributed by atoms with E-state index in [1.807, 2.05) is 13.8 Å². The van der Waals surface area contributed by atoms with Gasteiger partial charge in [-0.1, -0.05) is 31.1 Å². The number of halogens is 1. The number of likely N-dealkylation sites (N-methyl/N-ethyl adjacent to an activating group) is 1. The first-order valence-corrected chi connectivity index (χ1v) is 8.34. The molecular weight excluding hydrogens is 337 g/mol. The number of hydrogen-bond acceptors (Lipinski definition) is 5. The third kappa shape index (κ3) is 3.79. The third-order valence-electron chi connectivity index (χ3n) is 3.95. The Morgan fingerprint density at radius 3 is 2.81 bits per heavy atom. The molecule has 3 aromatic rings. The molecule has 0 saturated heterocycles. The second-order valence-corrected chi connectivity index (χ2v) is 6.33. The van der Waals surface area contributed by atoms with Crippen LogP contribution in [0.1, 0.15) is 42.0 Å². The fourth-order valence-corrected chi connectivity index (χ4v) is 2.42. The molecule has 0 spiro atoms. The van der Waals surface area contributed by atoms with Crippen LogP contribution in [0.4, 0.5) is 4.39 Å². The van der Waals surface area contributed by atoms with Crippen molar-refractivity contribution in [3.63, 3.8) is 0 Å². The van der Waals surface area contributed by atoms with Crippen LogP contribution in [-0.4, -0.2) is 44.7 Å². The van der Waals surface area contributed by atoms with Crippen molar-refractivity contribution in [2.24, 2.45) is 0 Å². The lowest BCUT2D eigenvalue weighted by Crippen LogP contribution is -2.29. The molecule has 0 bridgehead atoms. The molecule has 0 aliphatic heterocycles. The molecule has 8 heteroatoms. The van der Waals surface area contributed by atoms with Gasteiger partial charge in [0, 0.05) is 31.5 Å². The maximum atomic E-state index is 13.8. The van der Waals surface area contributed by atoms with Gasteiger partial charge in [0.2, 0.25) is 5.89 Å². The van der Waals surface area contributed by atoms with Crippen molar-refractivity contribution in [3.05, 3.63) is 53.6 Å². The summed E-state index contributed by atoms with van der Waals surface area (Å²) in [6.07, 6.45) is 0.479. The number of hydrogen-bond donors (Lipinski definition) is 1. The summed E-state index contributed by atoms with van der Waals surface area (Å²) < 4.78 is 19.0. The molecule has 7 nitrogen and oxygen atoms in total. The molecule has 0 atom stereocenters. The summed E-state index contributed by atoms with van der Waals surface area (Å²) in [7, 11) is 1.68. The minimum absolute atomic E-state index is 0.164. The largest absolute Gasteiger partial charge is 0.340 e. The van der Waals surface area contributed by atoms with Gasteiger partial charge in [0.05, 0.1) is 5.69 Å². The molecule has 26 heavy (non-hydrogen) atoms. The average Bonchev–Trinajstić information content (AvgIpc) is 3.29. The number of rotatable bonds is 6. The fraction of sp³-hybridized carbons (Fsp3) is 0.333. The van der Waals surface area contributed by atoms with E-state index in [-0.39, 0.29) is 17.6 Å². The summed E-state index contributed by atoms with van der Waals surface area (Å²) in [5.41, 5.74) is 1.03. The number of carbonyl (C=O) groups is 1. The van der Waals surface area contributed by atoms with Crippen LogP contribution in [-0.2, 0) is 6.42 Å². The van der Waals surface area contributed by atoms with Gasteiger partial charge in [0.15, 0.2) is 5.82 Å². The number of nitrogens with zero attached hydrogens (tertiary/aromatic N) is 4. The topological polar surface area (TPSA) is 87.9 Å². The molecule has 136 valence electrons. The zero-order valence-corrected chi connectivity index (χ0v) is 14.9. The highest BCUT2D eigenvalue weighted by Crippen LogP contribution is 2.21. The fourth-order valence-electron chi connectivity index (χ4n) is 2.42. The van der Waals surface area contributed by atoms with Gasteiger partial charge in [-0.2, -0.15) is 10.1 Å². The highest BCUT2D eigenvalue weighted by atomic mass is 19.1. The normalized spacial score (nSPS) is 11.1. The second-order valence-electron chi connectivity index (χ2n) is 6.33. The first-order chi connectivity index (χ1) is 12.5. The van der Waals surface area contributed by atoms with Gasteiger partial charge in [-0.3, -0.25) is 9.89 Å². The average molecular weight is 357 g/mol. The van der Waals surface area contributed by atoms with Crippen molar-refractivity contribution in [3.8, 4) is 11.3 Å². The van der Waals surface area contributed by atoms with E-state index in [1.54, 1.807) is 31.3 Å². The van der Waals surface area contributed by atoms with E-state index in [0.29, 0.717) is 41.6 Å². The Balaban J connectivity index is 1.64. The number of carbonyl (C=O) groups excluding carboxylic acids is 1. The van der Waals surface area contributed by atoms with Crippen molar-refractivity contribution >= 4 is 5.91 Å². The lowest BCUT2D eigenvalue weighted by molar-refractivity contribution is 0.0790. The first-order valence-electron chi connectivity index (χ1n) is 8.34. The Hall–Kier alpha value is -3.03. The SMILES string of the molecule is CC(C)c1nc(CCN(C)C(=O)c2cc(-c3ccccc3F)n[nH]2)no1. The summed E-state index contributed by atoms with van der Waals surface area (Å²) in [5, 5.41) is 10.6. The van der Waals surface area contributed by atoms with Crippen molar-refractivity contribution < 1.29 is 13.7 Å². The van der Waals surface area contributed by atoms with Crippen LogP contribution in [0.2, 0.25) is 0 Å². The molecule has 0 unspecified atom stereocenters. The highest BCUT2D eigenvalue weighted by molar-refractivity contribution is 5.93. The molecule has 2 aromatic heterocycles. The molecule has 0 aliphatic rings. The van der Waals surface area contributed by atoms with E-state index in [4.69, 9.17) is 4.52 Å². The highest BCUT2D eigenvalue weighted by Gasteiger charge is 2.18. The summed E-state index contributed by atoms with van der Waals surface area (Å²) in [6.45, 7) is 4.36. The standard InChI is InChI=1S/C18H20FN5O2/c1-11(2)17-20-16(23-26-17)8-9-24(3)18(25)15-10-14(21-22-15)12-6-4-5-7-13(12)19/h4-7,10-11H,8-9H2,1-3H3,(H,21,22). The molecule has 2 heterocycles. The smallest absolute Gasteiger partial charge is 0.271 e. The minimum atomic E-state index is -0.385. The van der Waals surface area contributed by atoms with Crippen LogP contribution < -0.4 is 0 Å². The van der Waals surface area contributed by atoms with Gasteiger partial charge < -0.3 is 9.42 Å². The molecule has 1 amide bonds.